The van der Waals surface area contributed by atoms with Gasteiger partial charge in [-0.05, 0) is 34.1 Å². The number of allylic oxidation sites excluding steroid dienone is 2. The maximum atomic E-state index is 4.83. The van der Waals surface area contributed by atoms with E-state index in [2.05, 4.69) is 102 Å². The van der Waals surface area contributed by atoms with Crippen molar-refractivity contribution >= 4 is 11.4 Å². The molecule has 129 valence electrons. The van der Waals surface area contributed by atoms with Crippen LogP contribution in [0.15, 0.2) is 60.7 Å². The van der Waals surface area contributed by atoms with Gasteiger partial charge < -0.3 is 0 Å². The van der Waals surface area contributed by atoms with Crippen LogP contribution in [0.2, 0.25) is 0 Å². The predicted molar refractivity (Wildman–Crippen MR) is 108 cm³/mol. The first-order valence-corrected chi connectivity index (χ1v) is 9.00. The highest BCUT2D eigenvalue weighted by Crippen LogP contribution is 2.30. The van der Waals surface area contributed by atoms with Gasteiger partial charge in [0.05, 0.1) is 11.4 Å². The number of hydrogen-bond acceptors (Lipinski definition) is 0. The quantitative estimate of drug-likeness (QED) is 0.615. The molecule has 0 saturated carbocycles. The van der Waals surface area contributed by atoms with Gasteiger partial charge in [-0.25, -0.2) is 5.32 Å². The molecule has 0 amide bonds. The molecule has 1 nitrogen and oxygen atoms in total. The fourth-order valence-electron chi connectivity index (χ4n) is 2.97. The van der Waals surface area contributed by atoms with Crippen molar-refractivity contribution in [1.82, 2.24) is 5.32 Å². The van der Waals surface area contributed by atoms with E-state index in [1.807, 2.05) is 0 Å². The van der Waals surface area contributed by atoms with Crippen LogP contribution < -0.4 is 5.32 Å². The summed E-state index contributed by atoms with van der Waals surface area (Å²) in [4.78, 5) is 0. The molecule has 1 aliphatic heterocycles. The number of nitrogens with zero attached hydrogens (tertiary/aromatic N) is 1. The van der Waals surface area contributed by atoms with Crippen molar-refractivity contribution in [2.24, 2.45) is 0 Å². The van der Waals surface area contributed by atoms with Crippen molar-refractivity contribution in [3.8, 4) is 0 Å². The Morgan fingerprint density at radius 1 is 0.520 bits per heavy atom. The standard InChI is InChI=1S/C24H28N/c1-23(2,3)19-11-7-17(8-12-19)21-15-16-22(25-21)18-9-13-20(14-10-18)24(4,5)6/h7-16H,1-6H3. The molecule has 2 aromatic carbocycles. The van der Waals surface area contributed by atoms with Gasteiger partial charge in [0.2, 0.25) is 0 Å². The highest BCUT2D eigenvalue weighted by atomic mass is 14.9. The summed E-state index contributed by atoms with van der Waals surface area (Å²) in [6.45, 7) is 13.4. The summed E-state index contributed by atoms with van der Waals surface area (Å²) in [5, 5.41) is 4.83. The van der Waals surface area contributed by atoms with Crippen LogP contribution in [-0.4, -0.2) is 0 Å². The third-order valence-corrected chi connectivity index (χ3v) is 4.73. The first-order valence-electron chi connectivity index (χ1n) is 9.00. The average Bonchev–Trinajstić information content (AvgIpc) is 3.03. The minimum Gasteiger partial charge on any atom is -0.248 e. The molecule has 0 N–H and O–H groups in total. The largest absolute Gasteiger partial charge is 0.248 e. The van der Waals surface area contributed by atoms with Crippen LogP contribution in [0.5, 0.6) is 0 Å². The Balaban J connectivity index is 1.72. The SMILES string of the molecule is CC(C)(C)c1ccc(C2=CC=C(c3ccc(C(C)(C)C)cc3)[N]2)cc1. The molecule has 0 saturated heterocycles. The van der Waals surface area contributed by atoms with Gasteiger partial charge in [-0.15, -0.1) is 0 Å². The zero-order valence-corrected chi connectivity index (χ0v) is 16.2. The van der Waals surface area contributed by atoms with E-state index in [4.69, 9.17) is 5.32 Å². The Morgan fingerprint density at radius 3 is 1.12 bits per heavy atom. The minimum atomic E-state index is 0.179. The molecule has 0 unspecified atom stereocenters. The number of rotatable bonds is 2. The second-order valence-electron chi connectivity index (χ2n) is 8.87. The van der Waals surface area contributed by atoms with Gasteiger partial charge >= 0.3 is 0 Å². The van der Waals surface area contributed by atoms with Crippen LogP contribution in [0, 0.1) is 0 Å². The summed E-state index contributed by atoms with van der Waals surface area (Å²) in [6, 6.07) is 17.5. The van der Waals surface area contributed by atoms with E-state index in [9.17, 15) is 0 Å². The summed E-state index contributed by atoms with van der Waals surface area (Å²) in [7, 11) is 0. The normalized spacial score (nSPS) is 14.8. The smallest absolute Gasteiger partial charge is 0.0710 e. The van der Waals surface area contributed by atoms with Gasteiger partial charge in [0.1, 0.15) is 0 Å². The van der Waals surface area contributed by atoms with Gasteiger partial charge in [-0.3, -0.25) is 0 Å². The molecule has 0 spiro atoms. The zero-order valence-electron chi connectivity index (χ0n) is 16.2. The molecule has 0 atom stereocenters. The lowest BCUT2D eigenvalue weighted by Crippen LogP contribution is -2.11. The van der Waals surface area contributed by atoms with Gasteiger partial charge in [-0.2, -0.15) is 0 Å². The first-order chi connectivity index (χ1) is 11.6. The van der Waals surface area contributed by atoms with Crippen molar-refractivity contribution in [2.75, 3.05) is 0 Å². The maximum Gasteiger partial charge on any atom is 0.0710 e. The van der Waals surface area contributed by atoms with E-state index >= 15 is 0 Å². The van der Waals surface area contributed by atoms with E-state index in [1.54, 1.807) is 0 Å². The van der Waals surface area contributed by atoms with Gasteiger partial charge in [0.15, 0.2) is 0 Å². The fraction of sp³-hybridized carbons (Fsp3) is 0.333. The Kier molecular flexibility index (Phi) is 4.36. The van der Waals surface area contributed by atoms with Crippen LogP contribution in [0.1, 0.15) is 63.8 Å². The van der Waals surface area contributed by atoms with Crippen LogP contribution in [-0.2, 0) is 10.8 Å². The summed E-state index contributed by atoms with van der Waals surface area (Å²) >= 11 is 0. The monoisotopic (exact) mass is 330 g/mol. The van der Waals surface area contributed by atoms with Crippen molar-refractivity contribution in [1.29, 1.82) is 0 Å². The Bertz CT molecular complexity index is 733. The second kappa shape index (κ2) is 6.22. The molecule has 2 aromatic rings. The lowest BCUT2D eigenvalue weighted by atomic mass is 9.86. The molecule has 1 heterocycles. The van der Waals surface area contributed by atoms with Crippen LogP contribution in [0.25, 0.3) is 11.4 Å². The Morgan fingerprint density at radius 2 is 0.840 bits per heavy atom. The van der Waals surface area contributed by atoms with E-state index in [-0.39, 0.29) is 10.8 Å². The third-order valence-electron chi connectivity index (χ3n) is 4.73. The highest BCUT2D eigenvalue weighted by Gasteiger charge is 2.17. The lowest BCUT2D eigenvalue weighted by molar-refractivity contribution is 0.590. The second-order valence-corrected chi connectivity index (χ2v) is 8.87. The lowest BCUT2D eigenvalue weighted by Gasteiger charge is -2.19. The van der Waals surface area contributed by atoms with E-state index in [1.165, 1.54) is 22.3 Å². The molecule has 0 bridgehead atoms. The topological polar surface area (TPSA) is 14.1 Å². The molecule has 0 aliphatic carbocycles. The molecule has 1 aliphatic rings. The highest BCUT2D eigenvalue weighted by molar-refractivity contribution is 5.83. The van der Waals surface area contributed by atoms with Gasteiger partial charge in [0, 0.05) is 11.1 Å². The summed E-state index contributed by atoms with van der Waals surface area (Å²) in [5.41, 5.74) is 7.47. The Hall–Kier alpha value is -2.28. The predicted octanol–water partition coefficient (Wildman–Crippen LogP) is 6.28. The molecule has 25 heavy (non-hydrogen) atoms. The summed E-state index contributed by atoms with van der Waals surface area (Å²) in [6.07, 6.45) is 4.22. The number of hydrogen-bond donors (Lipinski definition) is 0. The molecular formula is C24H28N. The van der Waals surface area contributed by atoms with Crippen LogP contribution in [0.4, 0.5) is 0 Å². The molecule has 0 aromatic heterocycles. The summed E-state index contributed by atoms with van der Waals surface area (Å²) < 4.78 is 0. The van der Waals surface area contributed by atoms with Crippen LogP contribution in [0.3, 0.4) is 0 Å². The average molecular weight is 330 g/mol. The molecular weight excluding hydrogens is 302 g/mol. The van der Waals surface area contributed by atoms with E-state index in [0.29, 0.717) is 0 Å². The molecule has 1 radical (unpaired) electrons. The molecule has 1 heteroatoms. The molecule has 0 fully saturated rings. The van der Waals surface area contributed by atoms with Crippen LogP contribution >= 0.6 is 0 Å². The maximum absolute atomic E-state index is 4.83. The van der Waals surface area contributed by atoms with E-state index < -0.39 is 0 Å². The van der Waals surface area contributed by atoms with Crippen molar-refractivity contribution in [3.63, 3.8) is 0 Å². The van der Waals surface area contributed by atoms with Crippen molar-refractivity contribution in [2.45, 2.75) is 52.4 Å². The van der Waals surface area contributed by atoms with Crippen molar-refractivity contribution in [3.05, 3.63) is 82.9 Å². The first kappa shape index (κ1) is 17.5. The fourth-order valence-corrected chi connectivity index (χ4v) is 2.97. The minimum absolute atomic E-state index is 0.179. The summed E-state index contributed by atoms with van der Waals surface area (Å²) in [5.74, 6) is 0. The van der Waals surface area contributed by atoms with Gasteiger partial charge in [-0.1, -0.05) is 90.1 Å². The number of benzene rings is 2. The molecule has 3 rings (SSSR count). The zero-order chi connectivity index (χ0) is 18.2. The van der Waals surface area contributed by atoms with Gasteiger partial charge in [0.25, 0.3) is 0 Å². The van der Waals surface area contributed by atoms with E-state index in [0.717, 1.165) is 11.4 Å². The third kappa shape index (κ3) is 3.87. The van der Waals surface area contributed by atoms with Crippen molar-refractivity contribution < 1.29 is 0 Å². The Labute approximate surface area is 152 Å².